The molecule has 0 aromatic heterocycles. The molecule has 8 heteroatoms. The molecule has 1 aliphatic carbocycles. The molecular formula is C25H32N4O4. The van der Waals surface area contributed by atoms with Crippen molar-refractivity contribution in [2.45, 2.75) is 64.8 Å². The molecule has 1 unspecified atom stereocenters. The van der Waals surface area contributed by atoms with Crippen molar-refractivity contribution in [2.24, 2.45) is 10.3 Å². The number of nitrogens with one attached hydrogen (secondary N) is 1. The summed E-state index contributed by atoms with van der Waals surface area (Å²) in [6.45, 7) is 6.71. The van der Waals surface area contributed by atoms with E-state index in [9.17, 15) is 15.3 Å². The minimum absolute atomic E-state index is 0.0762. The number of unbranched alkanes of at least 4 members (excludes halogenated alkanes) is 2. The molecule has 0 spiro atoms. The van der Waals surface area contributed by atoms with Gasteiger partial charge in [-0.1, -0.05) is 55.6 Å². The van der Waals surface area contributed by atoms with Crippen LogP contribution in [0.25, 0.3) is 11.1 Å². The van der Waals surface area contributed by atoms with Crippen molar-refractivity contribution in [3.05, 3.63) is 63.2 Å². The molecule has 3 N–H and O–H groups in total. The van der Waals surface area contributed by atoms with E-state index in [-0.39, 0.29) is 17.0 Å². The molecule has 3 rings (SSSR count). The third-order valence-corrected chi connectivity index (χ3v) is 6.35. The Morgan fingerprint density at radius 1 is 1.03 bits per heavy atom. The van der Waals surface area contributed by atoms with E-state index < -0.39 is 5.54 Å². The molecule has 1 atom stereocenters. The summed E-state index contributed by atoms with van der Waals surface area (Å²) in [6, 6.07) is 11.0. The van der Waals surface area contributed by atoms with E-state index in [0.717, 1.165) is 66.5 Å². The average Bonchev–Trinajstić information content (AvgIpc) is 3.09. The summed E-state index contributed by atoms with van der Waals surface area (Å²) < 4.78 is 0. The molecule has 2 aromatic rings. The highest BCUT2D eigenvalue weighted by atomic mass is 16.6. The molecular weight excluding hydrogens is 420 g/mol. The topological polar surface area (TPSA) is 120 Å². The van der Waals surface area contributed by atoms with E-state index in [1.54, 1.807) is 19.1 Å². The standard InChI is InChI=1S/C25H32N4O4/c1-4-6-12-25(26-13-7-5-2)22-15-18(24(28-31)14-17(3)27-30)8-10-20(22)21-11-9-19(29(32)33)16-23(21)25/h8-11,15-16,26,30-31H,4-7,12-14H2,1-3H3/b27-17+,28-24-. The summed E-state index contributed by atoms with van der Waals surface area (Å²) in [4.78, 5) is 11.2. The molecule has 8 nitrogen and oxygen atoms in total. The predicted octanol–water partition coefficient (Wildman–Crippen LogP) is 5.82. The number of nitrogens with zero attached hydrogens (tertiary/aromatic N) is 3. The normalized spacial score (nSPS) is 17.7. The van der Waals surface area contributed by atoms with Crippen molar-refractivity contribution < 1.29 is 15.3 Å². The molecule has 2 aromatic carbocycles. The Hall–Kier alpha value is -3.26. The number of oxime groups is 2. The average molecular weight is 453 g/mol. The third kappa shape index (κ3) is 4.75. The number of benzene rings is 2. The maximum Gasteiger partial charge on any atom is 0.269 e. The van der Waals surface area contributed by atoms with Crippen LogP contribution in [0.1, 0.15) is 76.0 Å². The second-order valence-corrected chi connectivity index (χ2v) is 8.60. The monoisotopic (exact) mass is 452 g/mol. The van der Waals surface area contributed by atoms with E-state index in [4.69, 9.17) is 5.21 Å². The van der Waals surface area contributed by atoms with Crippen molar-refractivity contribution in [3.8, 4) is 11.1 Å². The van der Waals surface area contributed by atoms with E-state index in [2.05, 4.69) is 29.5 Å². The molecule has 0 amide bonds. The highest BCUT2D eigenvalue weighted by Crippen LogP contribution is 2.51. The van der Waals surface area contributed by atoms with E-state index in [1.165, 1.54) is 0 Å². The highest BCUT2D eigenvalue weighted by Gasteiger charge is 2.43. The zero-order chi connectivity index (χ0) is 24.0. The van der Waals surface area contributed by atoms with Crippen LogP contribution in [0.3, 0.4) is 0 Å². The van der Waals surface area contributed by atoms with Gasteiger partial charge in [-0.05, 0) is 60.7 Å². The van der Waals surface area contributed by atoms with Gasteiger partial charge >= 0.3 is 0 Å². The van der Waals surface area contributed by atoms with Gasteiger partial charge in [0.15, 0.2) is 0 Å². The van der Waals surface area contributed by atoms with Crippen LogP contribution in [0.2, 0.25) is 0 Å². The van der Waals surface area contributed by atoms with E-state index in [0.29, 0.717) is 11.4 Å². The fourth-order valence-electron chi connectivity index (χ4n) is 4.63. The third-order valence-electron chi connectivity index (χ3n) is 6.35. The lowest BCUT2D eigenvalue weighted by atomic mass is 9.81. The van der Waals surface area contributed by atoms with Gasteiger partial charge in [0.1, 0.15) is 0 Å². The second-order valence-electron chi connectivity index (χ2n) is 8.60. The number of rotatable bonds is 11. The first-order valence-electron chi connectivity index (χ1n) is 11.5. The number of non-ortho nitro benzene ring substituents is 1. The van der Waals surface area contributed by atoms with Crippen LogP contribution in [0.5, 0.6) is 0 Å². The zero-order valence-corrected chi connectivity index (χ0v) is 19.5. The van der Waals surface area contributed by atoms with Crippen molar-refractivity contribution >= 4 is 17.1 Å². The molecule has 1 aliphatic rings. The molecule has 0 bridgehead atoms. The number of hydrogen-bond acceptors (Lipinski definition) is 7. The van der Waals surface area contributed by atoms with Crippen molar-refractivity contribution in [3.63, 3.8) is 0 Å². The summed E-state index contributed by atoms with van der Waals surface area (Å²) >= 11 is 0. The number of hydrogen-bond donors (Lipinski definition) is 3. The van der Waals surface area contributed by atoms with Crippen LogP contribution < -0.4 is 5.32 Å². The largest absolute Gasteiger partial charge is 0.411 e. The molecule has 33 heavy (non-hydrogen) atoms. The van der Waals surface area contributed by atoms with Gasteiger partial charge in [0.2, 0.25) is 0 Å². The summed E-state index contributed by atoms with van der Waals surface area (Å²) in [5.41, 5.74) is 5.01. The minimum atomic E-state index is -0.571. The van der Waals surface area contributed by atoms with Crippen molar-refractivity contribution in [1.82, 2.24) is 5.32 Å². The first kappa shape index (κ1) is 24.4. The Balaban J connectivity index is 2.22. The predicted molar refractivity (Wildman–Crippen MR) is 130 cm³/mol. The van der Waals surface area contributed by atoms with Crippen molar-refractivity contribution in [2.75, 3.05) is 6.54 Å². The smallest absolute Gasteiger partial charge is 0.269 e. The molecule has 0 fully saturated rings. The Morgan fingerprint density at radius 2 is 1.70 bits per heavy atom. The van der Waals surface area contributed by atoms with Gasteiger partial charge in [0.25, 0.3) is 5.69 Å². The lowest BCUT2D eigenvalue weighted by molar-refractivity contribution is -0.384. The lowest BCUT2D eigenvalue weighted by Gasteiger charge is -2.34. The van der Waals surface area contributed by atoms with Gasteiger partial charge in [-0.2, -0.15) is 0 Å². The Bertz CT molecular complexity index is 1080. The molecule has 176 valence electrons. The first-order valence-corrected chi connectivity index (χ1v) is 11.5. The van der Waals surface area contributed by atoms with Gasteiger partial charge in [-0.25, -0.2) is 0 Å². The maximum absolute atomic E-state index is 11.6. The Morgan fingerprint density at radius 3 is 2.30 bits per heavy atom. The van der Waals surface area contributed by atoms with Crippen molar-refractivity contribution in [1.29, 1.82) is 0 Å². The van der Waals surface area contributed by atoms with E-state index >= 15 is 0 Å². The highest BCUT2D eigenvalue weighted by molar-refractivity contribution is 6.12. The Kier molecular flexibility index (Phi) is 7.81. The molecule has 0 aliphatic heterocycles. The number of nitro benzene ring substituents is 1. The quantitative estimate of drug-likeness (QED) is 0.130. The molecule has 0 heterocycles. The van der Waals surface area contributed by atoms with Gasteiger partial charge < -0.3 is 15.7 Å². The first-order chi connectivity index (χ1) is 15.9. The summed E-state index contributed by atoms with van der Waals surface area (Å²) in [5.74, 6) is 0. The fraction of sp³-hybridized carbons (Fsp3) is 0.440. The van der Waals surface area contributed by atoms with Gasteiger partial charge in [-0.15, -0.1) is 0 Å². The summed E-state index contributed by atoms with van der Waals surface area (Å²) in [7, 11) is 0. The number of nitro groups is 1. The molecule has 0 saturated carbocycles. The van der Waals surface area contributed by atoms with Crippen LogP contribution in [-0.4, -0.2) is 33.3 Å². The minimum Gasteiger partial charge on any atom is -0.411 e. The Labute approximate surface area is 194 Å². The lowest BCUT2D eigenvalue weighted by Crippen LogP contribution is -2.42. The number of fused-ring (bicyclic) bond motifs is 3. The SMILES string of the molecule is CCCCNC1(CCCC)c2cc(/C(C/C(C)=N/O)=N\O)ccc2-c2ccc([N+](=O)[O-])cc21. The van der Waals surface area contributed by atoms with Crippen LogP contribution >= 0.6 is 0 Å². The fourth-order valence-corrected chi connectivity index (χ4v) is 4.63. The van der Waals surface area contributed by atoms with Crippen LogP contribution in [-0.2, 0) is 5.54 Å². The van der Waals surface area contributed by atoms with Crippen LogP contribution in [0.15, 0.2) is 46.7 Å². The second kappa shape index (κ2) is 10.6. The van der Waals surface area contributed by atoms with E-state index in [1.807, 2.05) is 24.3 Å². The van der Waals surface area contributed by atoms with Gasteiger partial charge in [0.05, 0.1) is 21.9 Å². The molecule has 0 saturated heterocycles. The van der Waals surface area contributed by atoms with Gasteiger partial charge in [-0.3, -0.25) is 10.1 Å². The summed E-state index contributed by atoms with van der Waals surface area (Å²) in [6.07, 6.45) is 4.96. The van der Waals surface area contributed by atoms with Gasteiger partial charge in [0, 0.05) is 24.1 Å². The van der Waals surface area contributed by atoms with Crippen LogP contribution in [0, 0.1) is 10.1 Å². The zero-order valence-electron chi connectivity index (χ0n) is 19.5. The summed E-state index contributed by atoms with van der Waals surface area (Å²) in [5, 5.41) is 40.7. The molecule has 0 radical (unpaired) electrons. The van der Waals surface area contributed by atoms with Crippen LogP contribution in [0.4, 0.5) is 5.69 Å². The maximum atomic E-state index is 11.6.